The first-order valence-corrected chi connectivity index (χ1v) is 8.78. The predicted molar refractivity (Wildman–Crippen MR) is 103 cm³/mol. The number of alkyl halides is 6. The summed E-state index contributed by atoms with van der Waals surface area (Å²) in [6.07, 6.45) is -9.28. The number of carbonyl (C=O) groups excluding carboxylic acids is 1. The monoisotopic (exact) mass is 441 g/mol. The van der Waals surface area contributed by atoms with Crippen molar-refractivity contribution in [1.29, 1.82) is 5.26 Å². The van der Waals surface area contributed by atoms with Gasteiger partial charge in [0.25, 0.3) is 5.91 Å². The van der Waals surface area contributed by atoms with Crippen LogP contribution in [0.15, 0.2) is 42.1 Å². The van der Waals surface area contributed by atoms with Crippen LogP contribution in [0.25, 0.3) is 0 Å². The molecule has 0 bridgehead atoms. The molecule has 0 aliphatic carbocycles. The van der Waals surface area contributed by atoms with E-state index in [4.69, 9.17) is 0 Å². The second-order valence-corrected chi connectivity index (χ2v) is 6.84. The van der Waals surface area contributed by atoms with Crippen LogP contribution in [0.2, 0.25) is 0 Å². The summed E-state index contributed by atoms with van der Waals surface area (Å²) in [7, 11) is 0. The van der Waals surface area contributed by atoms with Gasteiger partial charge in [-0.25, -0.2) is 0 Å². The Morgan fingerprint density at radius 3 is 1.81 bits per heavy atom. The molecule has 2 rings (SSSR count). The molecule has 0 atom stereocenters. The van der Waals surface area contributed by atoms with Crippen LogP contribution in [0.3, 0.4) is 0 Å². The topological polar surface area (TPSA) is 64.9 Å². The Morgan fingerprint density at radius 1 is 0.903 bits per heavy atom. The molecular formula is C21H17F6N3O. The summed E-state index contributed by atoms with van der Waals surface area (Å²) in [6.45, 7) is 5.34. The number of nitrogens with zero attached hydrogens (tertiary/aromatic N) is 1. The lowest BCUT2D eigenvalue weighted by Crippen LogP contribution is -2.16. The minimum atomic E-state index is -5.02. The van der Waals surface area contributed by atoms with Gasteiger partial charge in [-0.15, -0.1) is 0 Å². The highest BCUT2D eigenvalue weighted by atomic mass is 19.4. The largest absolute Gasteiger partial charge is 0.416 e. The first kappa shape index (κ1) is 23.8. The molecule has 0 aliphatic rings. The van der Waals surface area contributed by atoms with Crippen molar-refractivity contribution in [3.8, 4) is 6.07 Å². The van der Waals surface area contributed by atoms with Gasteiger partial charge in [0.2, 0.25) is 0 Å². The van der Waals surface area contributed by atoms with E-state index in [0.717, 1.165) is 22.9 Å². The van der Waals surface area contributed by atoms with Crippen molar-refractivity contribution in [2.45, 2.75) is 33.1 Å². The lowest BCUT2D eigenvalue weighted by atomic mass is 10.0. The number of anilines is 2. The molecule has 0 spiro atoms. The van der Waals surface area contributed by atoms with Gasteiger partial charge in [0.1, 0.15) is 11.6 Å². The number of carbonyl (C=O) groups is 1. The summed E-state index contributed by atoms with van der Waals surface area (Å²) < 4.78 is 77.7. The zero-order valence-electron chi connectivity index (χ0n) is 16.6. The minimum Gasteiger partial charge on any atom is -0.360 e. The van der Waals surface area contributed by atoms with Crippen molar-refractivity contribution in [3.63, 3.8) is 0 Å². The number of hydrogen-bond donors (Lipinski definition) is 2. The molecule has 2 N–H and O–H groups in total. The number of rotatable bonds is 4. The van der Waals surface area contributed by atoms with Gasteiger partial charge in [-0.05, 0) is 50.1 Å². The van der Waals surface area contributed by atoms with E-state index in [1.807, 2.05) is 6.92 Å². The van der Waals surface area contributed by atoms with Crippen LogP contribution >= 0.6 is 0 Å². The molecule has 4 nitrogen and oxygen atoms in total. The molecule has 0 aliphatic heterocycles. The average Bonchev–Trinajstić information content (AvgIpc) is 2.63. The number of amides is 1. The van der Waals surface area contributed by atoms with Gasteiger partial charge in [-0.1, -0.05) is 17.7 Å². The Labute approximate surface area is 174 Å². The highest BCUT2D eigenvalue weighted by Gasteiger charge is 2.36. The summed E-state index contributed by atoms with van der Waals surface area (Å²) in [4.78, 5) is 12.4. The fourth-order valence-corrected chi connectivity index (χ4v) is 2.90. The van der Waals surface area contributed by atoms with E-state index in [0.29, 0.717) is 17.8 Å². The average molecular weight is 441 g/mol. The Bertz CT molecular complexity index is 1020. The molecule has 2 aromatic rings. The minimum absolute atomic E-state index is 0.0181. The molecule has 164 valence electrons. The normalized spacial score (nSPS) is 12.3. The third-order valence-corrected chi connectivity index (χ3v) is 4.25. The Morgan fingerprint density at radius 2 is 1.39 bits per heavy atom. The molecule has 0 saturated carbocycles. The van der Waals surface area contributed by atoms with Gasteiger partial charge in [0, 0.05) is 17.6 Å². The van der Waals surface area contributed by atoms with Gasteiger partial charge < -0.3 is 10.6 Å². The van der Waals surface area contributed by atoms with Crippen molar-refractivity contribution < 1.29 is 31.1 Å². The summed E-state index contributed by atoms with van der Waals surface area (Å²) in [5.74, 6) is -0.868. The van der Waals surface area contributed by atoms with E-state index >= 15 is 0 Å². The van der Waals surface area contributed by atoms with E-state index < -0.39 is 40.6 Å². The SMILES string of the molecule is Cc1cc(C)c(NC(=O)/C(C#N)=C\Nc2cc(C(F)(F)F)cc(C(F)(F)F)c2)c(C)c1. The third kappa shape index (κ3) is 6.01. The summed E-state index contributed by atoms with van der Waals surface area (Å²) in [5, 5.41) is 13.9. The third-order valence-electron chi connectivity index (χ3n) is 4.25. The van der Waals surface area contributed by atoms with Crippen molar-refractivity contribution in [3.05, 3.63) is 69.9 Å². The zero-order valence-corrected chi connectivity index (χ0v) is 16.6. The van der Waals surface area contributed by atoms with E-state index in [-0.39, 0.29) is 6.07 Å². The molecular weight excluding hydrogens is 424 g/mol. The van der Waals surface area contributed by atoms with Gasteiger partial charge in [-0.3, -0.25) is 4.79 Å². The molecule has 10 heteroatoms. The smallest absolute Gasteiger partial charge is 0.360 e. The van der Waals surface area contributed by atoms with E-state index in [1.165, 1.54) is 0 Å². The van der Waals surface area contributed by atoms with E-state index in [1.54, 1.807) is 32.0 Å². The summed E-state index contributed by atoms with van der Waals surface area (Å²) >= 11 is 0. The molecule has 0 heterocycles. The van der Waals surface area contributed by atoms with E-state index in [9.17, 15) is 36.4 Å². The first-order valence-electron chi connectivity index (χ1n) is 8.78. The lowest BCUT2D eigenvalue weighted by molar-refractivity contribution is -0.143. The van der Waals surface area contributed by atoms with Crippen LogP contribution in [-0.4, -0.2) is 5.91 Å². The van der Waals surface area contributed by atoms with Crippen molar-refractivity contribution in [1.82, 2.24) is 0 Å². The molecule has 0 aromatic heterocycles. The van der Waals surface area contributed by atoms with Crippen molar-refractivity contribution >= 4 is 17.3 Å². The van der Waals surface area contributed by atoms with E-state index in [2.05, 4.69) is 10.6 Å². The molecule has 31 heavy (non-hydrogen) atoms. The Balaban J connectivity index is 2.34. The number of benzene rings is 2. The van der Waals surface area contributed by atoms with Crippen molar-refractivity contribution in [2.75, 3.05) is 10.6 Å². The standard InChI is InChI=1S/C21H17F6N3O/c1-11-4-12(2)18(13(3)5-11)30-19(31)14(9-28)10-29-17-7-15(20(22,23)24)6-16(8-17)21(25,26)27/h4-8,10,29H,1-3H3,(H,30,31)/b14-10-. The lowest BCUT2D eigenvalue weighted by Gasteiger charge is -2.14. The highest BCUT2D eigenvalue weighted by Crippen LogP contribution is 2.37. The van der Waals surface area contributed by atoms with Crippen LogP contribution < -0.4 is 10.6 Å². The van der Waals surface area contributed by atoms with Crippen LogP contribution in [0.4, 0.5) is 37.7 Å². The molecule has 0 unspecified atom stereocenters. The van der Waals surface area contributed by atoms with Gasteiger partial charge in [0.15, 0.2) is 0 Å². The number of aryl methyl sites for hydroxylation is 3. The molecule has 0 radical (unpaired) electrons. The van der Waals surface area contributed by atoms with Crippen LogP contribution in [-0.2, 0) is 17.1 Å². The fraction of sp³-hybridized carbons (Fsp3) is 0.238. The Hall–Kier alpha value is -3.48. The zero-order chi connectivity index (χ0) is 23.6. The van der Waals surface area contributed by atoms with Crippen LogP contribution in [0.1, 0.15) is 27.8 Å². The van der Waals surface area contributed by atoms with Gasteiger partial charge in [-0.2, -0.15) is 31.6 Å². The molecule has 2 aromatic carbocycles. The summed E-state index contributed by atoms with van der Waals surface area (Å²) in [5.41, 5.74) is -1.30. The molecule has 1 amide bonds. The Kier molecular flexibility index (Phi) is 6.69. The first-order chi connectivity index (χ1) is 14.2. The molecule has 0 fully saturated rings. The fourth-order valence-electron chi connectivity index (χ4n) is 2.90. The second kappa shape index (κ2) is 8.71. The summed E-state index contributed by atoms with van der Waals surface area (Å²) in [6, 6.07) is 6.07. The van der Waals surface area contributed by atoms with Gasteiger partial charge in [0.05, 0.1) is 11.1 Å². The van der Waals surface area contributed by atoms with Crippen molar-refractivity contribution in [2.24, 2.45) is 0 Å². The van der Waals surface area contributed by atoms with Crippen LogP contribution in [0, 0.1) is 32.1 Å². The number of hydrogen-bond acceptors (Lipinski definition) is 3. The highest BCUT2D eigenvalue weighted by molar-refractivity contribution is 6.07. The van der Waals surface area contributed by atoms with Gasteiger partial charge >= 0.3 is 12.4 Å². The molecule has 0 saturated heterocycles. The predicted octanol–water partition coefficient (Wildman–Crippen LogP) is 6.11. The number of nitriles is 1. The second-order valence-electron chi connectivity index (χ2n) is 6.84. The number of halogens is 6. The maximum absolute atomic E-state index is 12.9. The quantitative estimate of drug-likeness (QED) is 0.342. The maximum atomic E-state index is 12.9. The van der Waals surface area contributed by atoms with Crippen LogP contribution in [0.5, 0.6) is 0 Å². The number of nitrogens with one attached hydrogen (secondary N) is 2. The maximum Gasteiger partial charge on any atom is 0.416 e.